The number of nitrogens with zero attached hydrogens (tertiary/aromatic N) is 2. The first kappa shape index (κ1) is 27.6. The highest BCUT2D eigenvalue weighted by molar-refractivity contribution is 6.31. The van der Waals surface area contributed by atoms with Crippen molar-refractivity contribution in [2.24, 2.45) is 11.8 Å². The molecule has 1 fully saturated rings. The minimum absolute atomic E-state index is 0.114. The molecular weight excluding hydrogens is 460 g/mol. The molecule has 1 saturated carbocycles. The number of halogens is 1. The molecule has 0 aromatic heterocycles. The molecule has 9 heteroatoms. The van der Waals surface area contributed by atoms with Crippen molar-refractivity contribution in [1.82, 2.24) is 9.80 Å². The van der Waals surface area contributed by atoms with Crippen LogP contribution in [0.3, 0.4) is 0 Å². The van der Waals surface area contributed by atoms with Gasteiger partial charge in [0.1, 0.15) is 11.6 Å². The van der Waals surface area contributed by atoms with Crippen LogP contribution in [0.1, 0.15) is 58.9 Å². The number of ketones is 1. The van der Waals surface area contributed by atoms with Crippen LogP contribution in [-0.4, -0.2) is 60.5 Å². The quantitative estimate of drug-likeness (QED) is 0.393. The SMILES string of the molecule is CC(C)C(=O)N(C)[C@H](C(=O)OCOC(=O)N(C)[C@]1(c2ccccc2Cl)CCCCC1=O)C(C)C. The van der Waals surface area contributed by atoms with Crippen molar-refractivity contribution in [3.8, 4) is 0 Å². The average Bonchev–Trinajstić information content (AvgIpc) is 2.78. The van der Waals surface area contributed by atoms with E-state index in [9.17, 15) is 19.2 Å². The monoisotopic (exact) mass is 494 g/mol. The first-order chi connectivity index (χ1) is 15.9. The number of hydrogen-bond donors (Lipinski definition) is 0. The molecule has 2 atom stereocenters. The number of rotatable bonds is 8. The molecule has 0 unspecified atom stereocenters. The van der Waals surface area contributed by atoms with E-state index in [0.717, 1.165) is 12.8 Å². The summed E-state index contributed by atoms with van der Waals surface area (Å²) in [4.78, 5) is 53.7. The standard InChI is InChI=1S/C25H35ClN2O6/c1-16(2)21(27(5)22(30)17(3)4)23(31)33-15-34-24(32)28(6)25(14-10-9-13-20(25)29)18-11-7-8-12-19(18)26/h7-8,11-12,16-17,21H,9-10,13-15H2,1-6H3/t21-,25-/m0/s1. The Balaban J connectivity index is 2.13. The Morgan fingerprint density at radius 1 is 1.06 bits per heavy atom. The second kappa shape index (κ2) is 11.7. The molecule has 0 aliphatic heterocycles. The maximum atomic E-state index is 13.1. The van der Waals surface area contributed by atoms with E-state index < -0.39 is 30.4 Å². The maximum Gasteiger partial charge on any atom is 0.413 e. The van der Waals surface area contributed by atoms with Crippen LogP contribution < -0.4 is 0 Å². The van der Waals surface area contributed by atoms with Crippen LogP contribution in [0.15, 0.2) is 24.3 Å². The zero-order valence-electron chi connectivity index (χ0n) is 20.8. The average molecular weight is 495 g/mol. The van der Waals surface area contributed by atoms with Gasteiger partial charge >= 0.3 is 12.1 Å². The van der Waals surface area contributed by atoms with Crippen molar-refractivity contribution in [3.05, 3.63) is 34.9 Å². The van der Waals surface area contributed by atoms with E-state index in [1.165, 1.54) is 16.8 Å². The van der Waals surface area contributed by atoms with Crippen molar-refractivity contribution in [2.75, 3.05) is 20.9 Å². The molecule has 1 aliphatic rings. The molecule has 0 spiro atoms. The van der Waals surface area contributed by atoms with E-state index in [-0.39, 0.29) is 23.5 Å². The van der Waals surface area contributed by atoms with Gasteiger partial charge < -0.3 is 14.4 Å². The Morgan fingerprint density at radius 2 is 1.71 bits per heavy atom. The summed E-state index contributed by atoms with van der Waals surface area (Å²) in [6.07, 6.45) is 1.42. The fraction of sp³-hybridized carbons (Fsp3) is 0.600. The van der Waals surface area contributed by atoms with Gasteiger partial charge in [0.2, 0.25) is 12.7 Å². The van der Waals surface area contributed by atoms with Crippen LogP contribution in [0.25, 0.3) is 0 Å². The van der Waals surface area contributed by atoms with Gasteiger partial charge in [-0.3, -0.25) is 14.5 Å². The van der Waals surface area contributed by atoms with Gasteiger partial charge in [0.15, 0.2) is 5.78 Å². The Morgan fingerprint density at radius 3 is 2.26 bits per heavy atom. The highest BCUT2D eigenvalue weighted by Gasteiger charge is 2.48. The highest BCUT2D eigenvalue weighted by Crippen LogP contribution is 2.42. The molecule has 8 nitrogen and oxygen atoms in total. The summed E-state index contributed by atoms with van der Waals surface area (Å²) >= 11 is 6.42. The normalized spacial score (nSPS) is 19.0. The van der Waals surface area contributed by atoms with Gasteiger partial charge in [0, 0.05) is 37.0 Å². The number of esters is 1. The van der Waals surface area contributed by atoms with Crippen molar-refractivity contribution in [3.63, 3.8) is 0 Å². The molecule has 2 rings (SSSR count). The van der Waals surface area contributed by atoms with E-state index in [1.807, 2.05) is 0 Å². The molecule has 0 radical (unpaired) electrons. The molecule has 34 heavy (non-hydrogen) atoms. The smallest absolute Gasteiger partial charge is 0.413 e. The number of benzene rings is 1. The van der Waals surface area contributed by atoms with Gasteiger partial charge in [0.25, 0.3) is 0 Å². The van der Waals surface area contributed by atoms with E-state index in [0.29, 0.717) is 23.4 Å². The minimum atomic E-state index is -1.25. The van der Waals surface area contributed by atoms with Crippen LogP contribution in [0.4, 0.5) is 4.79 Å². The lowest BCUT2D eigenvalue weighted by Gasteiger charge is -2.43. The molecule has 2 amide bonds. The van der Waals surface area contributed by atoms with Crippen LogP contribution in [-0.2, 0) is 29.4 Å². The summed E-state index contributed by atoms with van der Waals surface area (Å²) in [6.45, 7) is 6.47. The fourth-order valence-electron chi connectivity index (χ4n) is 4.53. The van der Waals surface area contributed by atoms with Gasteiger partial charge in [-0.15, -0.1) is 0 Å². The largest absolute Gasteiger partial charge is 0.426 e. The number of ether oxygens (including phenoxy) is 2. The van der Waals surface area contributed by atoms with E-state index in [4.69, 9.17) is 21.1 Å². The zero-order chi connectivity index (χ0) is 25.6. The Hall–Kier alpha value is -2.61. The molecule has 0 bridgehead atoms. The Bertz CT molecular complexity index is 918. The Labute approximate surface area is 206 Å². The van der Waals surface area contributed by atoms with Crippen molar-refractivity contribution in [1.29, 1.82) is 0 Å². The number of carbonyl (C=O) groups is 4. The fourth-order valence-corrected chi connectivity index (χ4v) is 4.82. The summed E-state index contributed by atoms with van der Waals surface area (Å²) in [5.74, 6) is -1.46. The summed E-state index contributed by atoms with van der Waals surface area (Å²) in [7, 11) is 3.04. The third kappa shape index (κ3) is 5.71. The van der Waals surface area contributed by atoms with Crippen LogP contribution in [0, 0.1) is 11.8 Å². The summed E-state index contributed by atoms with van der Waals surface area (Å²) in [5, 5.41) is 0.390. The van der Waals surface area contributed by atoms with Crippen LogP contribution >= 0.6 is 11.6 Å². The second-order valence-corrected chi connectivity index (χ2v) is 9.72. The summed E-state index contributed by atoms with van der Waals surface area (Å²) < 4.78 is 10.4. The third-order valence-corrected chi connectivity index (χ3v) is 6.66. The minimum Gasteiger partial charge on any atom is -0.426 e. The van der Waals surface area contributed by atoms with Gasteiger partial charge in [0.05, 0.1) is 0 Å². The first-order valence-corrected chi connectivity index (χ1v) is 11.9. The highest BCUT2D eigenvalue weighted by atomic mass is 35.5. The lowest BCUT2D eigenvalue weighted by Crippen LogP contribution is -2.54. The Kier molecular flexibility index (Phi) is 9.50. The topological polar surface area (TPSA) is 93.2 Å². The number of amides is 2. The molecule has 1 aromatic carbocycles. The zero-order valence-corrected chi connectivity index (χ0v) is 21.6. The predicted octanol–water partition coefficient (Wildman–Crippen LogP) is 4.39. The first-order valence-electron chi connectivity index (χ1n) is 11.6. The summed E-state index contributed by atoms with van der Waals surface area (Å²) in [5.41, 5.74) is -0.700. The summed E-state index contributed by atoms with van der Waals surface area (Å²) in [6, 6.07) is 6.14. The number of Topliss-reactive ketones (excluding diaryl/α,β-unsaturated/α-hetero) is 1. The van der Waals surface area contributed by atoms with Gasteiger partial charge in [-0.2, -0.15) is 0 Å². The lowest BCUT2D eigenvalue weighted by atomic mass is 9.74. The molecular formula is C25H35ClN2O6. The number of carbonyl (C=O) groups excluding carboxylic acids is 4. The van der Waals surface area contributed by atoms with Crippen LogP contribution in [0.2, 0.25) is 5.02 Å². The molecule has 0 N–H and O–H groups in total. The van der Waals surface area contributed by atoms with Gasteiger partial charge in [-0.25, -0.2) is 9.59 Å². The molecule has 188 valence electrons. The van der Waals surface area contributed by atoms with Gasteiger partial charge in [-0.1, -0.05) is 57.5 Å². The van der Waals surface area contributed by atoms with Gasteiger partial charge in [-0.05, 0) is 31.2 Å². The predicted molar refractivity (Wildman–Crippen MR) is 128 cm³/mol. The molecule has 1 aromatic rings. The molecule has 1 aliphatic carbocycles. The second-order valence-electron chi connectivity index (χ2n) is 9.31. The third-order valence-electron chi connectivity index (χ3n) is 6.33. The van der Waals surface area contributed by atoms with E-state index >= 15 is 0 Å². The number of hydrogen-bond acceptors (Lipinski definition) is 6. The van der Waals surface area contributed by atoms with Crippen molar-refractivity contribution in [2.45, 2.75) is 65.0 Å². The lowest BCUT2D eigenvalue weighted by molar-refractivity contribution is -0.164. The van der Waals surface area contributed by atoms with E-state index in [2.05, 4.69) is 0 Å². The number of likely N-dealkylation sites (N-methyl/N-ethyl adjacent to an activating group) is 2. The maximum absolute atomic E-state index is 13.1. The molecule has 0 heterocycles. The molecule has 0 saturated heterocycles. The van der Waals surface area contributed by atoms with Crippen LogP contribution in [0.5, 0.6) is 0 Å². The van der Waals surface area contributed by atoms with Crippen molar-refractivity contribution < 1.29 is 28.7 Å². The van der Waals surface area contributed by atoms with E-state index in [1.54, 1.807) is 59.0 Å². The van der Waals surface area contributed by atoms with Crippen molar-refractivity contribution >= 4 is 35.4 Å².